The predicted molar refractivity (Wildman–Crippen MR) is 104 cm³/mol. The first-order chi connectivity index (χ1) is 13.0. The number of carbonyl (C=O) groups excluding carboxylic acids is 1. The van der Waals surface area contributed by atoms with Gasteiger partial charge in [-0.15, -0.1) is 0 Å². The number of aryl methyl sites for hydroxylation is 1. The van der Waals surface area contributed by atoms with E-state index < -0.39 is 5.82 Å². The number of urea groups is 1. The number of hydrogen-bond acceptors (Lipinski definition) is 4. The molecule has 2 aliphatic rings. The average molecular weight is 369 g/mol. The van der Waals surface area contributed by atoms with Gasteiger partial charge in [-0.3, -0.25) is 9.80 Å². The molecule has 7 heteroatoms. The van der Waals surface area contributed by atoms with Gasteiger partial charge < -0.3 is 11.5 Å². The molecule has 6 nitrogen and oxygen atoms in total. The van der Waals surface area contributed by atoms with Crippen LogP contribution < -0.4 is 21.3 Å². The fraction of sp³-hybridized carbons (Fsp3) is 0.400. The Morgan fingerprint density at radius 1 is 1.30 bits per heavy atom. The van der Waals surface area contributed by atoms with Crippen molar-refractivity contribution in [1.29, 1.82) is 0 Å². The molecule has 4 N–H and O–H groups in total. The standard InChI is InChI=1S/C20H24FN5O/c1-12-4-2-7-16(21)19(12)25-11-13-10-24-18(23)9-17(13)26(20(25)27)15-6-3-5-14(22)8-15/h2,4,7,9-10,14-15H,3,5-6,8,11,22H2,1H3,(H2,23,24)/t14-,15-/m0/s1. The first-order valence-electron chi connectivity index (χ1n) is 9.31. The molecule has 1 aliphatic carbocycles. The smallest absolute Gasteiger partial charge is 0.329 e. The maximum absolute atomic E-state index is 14.6. The van der Waals surface area contributed by atoms with E-state index in [4.69, 9.17) is 11.5 Å². The zero-order valence-corrected chi connectivity index (χ0v) is 15.4. The molecule has 4 rings (SSSR count). The van der Waals surface area contributed by atoms with Crippen molar-refractivity contribution >= 4 is 23.2 Å². The van der Waals surface area contributed by atoms with E-state index >= 15 is 0 Å². The number of rotatable bonds is 2. The van der Waals surface area contributed by atoms with Crippen LogP contribution >= 0.6 is 0 Å². The van der Waals surface area contributed by atoms with Crippen LogP contribution in [0.4, 0.5) is 26.4 Å². The van der Waals surface area contributed by atoms with E-state index in [0.717, 1.165) is 42.5 Å². The summed E-state index contributed by atoms with van der Waals surface area (Å²) in [6, 6.07) is 6.37. The van der Waals surface area contributed by atoms with Crippen LogP contribution in [0, 0.1) is 12.7 Å². The van der Waals surface area contributed by atoms with Crippen LogP contribution in [-0.2, 0) is 6.54 Å². The average Bonchev–Trinajstić information content (AvgIpc) is 2.62. The number of aromatic nitrogens is 1. The van der Waals surface area contributed by atoms with Crippen molar-refractivity contribution in [3.05, 3.63) is 47.4 Å². The van der Waals surface area contributed by atoms with Gasteiger partial charge in [0, 0.05) is 29.9 Å². The minimum atomic E-state index is -0.407. The second-order valence-corrected chi connectivity index (χ2v) is 7.46. The van der Waals surface area contributed by atoms with Crippen LogP contribution in [0.15, 0.2) is 30.5 Å². The number of pyridine rings is 1. The summed E-state index contributed by atoms with van der Waals surface area (Å²) in [5.41, 5.74) is 14.7. The minimum Gasteiger partial charge on any atom is -0.384 e. The number of halogens is 1. The van der Waals surface area contributed by atoms with Crippen molar-refractivity contribution in [2.75, 3.05) is 15.5 Å². The number of hydrogen-bond donors (Lipinski definition) is 2. The molecule has 1 aliphatic heterocycles. The lowest BCUT2D eigenvalue weighted by Crippen LogP contribution is -2.54. The number of carbonyl (C=O) groups is 1. The van der Waals surface area contributed by atoms with Crippen LogP contribution in [0.1, 0.15) is 36.8 Å². The third kappa shape index (κ3) is 3.12. The van der Waals surface area contributed by atoms with E-state index in [1.54, 1.807) is 23.2 Å². The van der Waals surface area contributed by atoms with Gasteiger partial charge in [-0.2, -0.15) is 0 Å². The zero-order valence-electron chi connectivity index (χ0n) is 15.4. The third-order valence-corrected chi connectivity index (χ3v) is 5.52. The highest BCUT2D eigenvalue weighted by Gasteiger charge is 2.38. The van der Waals surface area contributed by atoms with Crippen molar-refractivity contribution in [3.63, 3.8) is 0 Å². The highest BCUT2D eigenvalue weighted by atomic mass is 19.1. The largest absolute Gasteiger partial charge is 0.384 e. The van der Waals surface area contributed by atoms with Crippen LogP contribution in [0.25, 0.3) is 0 Å². The van der Waals surface area contributed by atoms with Crippen LogP contribution in [0.2, 0.25) is 0 Å². The number of amides is 2. The zero-order chi connectivity index (χ0) is 19.1. The lowest BCUT2D eigenvalue weighted by Gasteiger charge is -2.43. The van der Waals surface area contributed by atoms with Gasteiger partial charge >= 0.3 is 6.03 Å². The fourth-order valence-electron chi connectivity index (χ4n) is 4.23. The monoisotopic (exact) mass is 369 g/mol. The van der Waals surface area contributed by atoms with Gasteiger partial charge in [-0.05, 0) is 44.2 Å². The van der Waals surface area contributed by atoms with Crippen LogP contribution in [0.3, 0.4) is 0 Å². The molecule has 0 unspecified atom stereocenters. The van der Waals surface area contributed by atoms with E-state index in [0.29, 0.717) is 11.5 Å². The first kappa shape index (κ1) is 17.7. The minimum absolute atomic E-state index is 0.0309. The Labute approximate surface area is 158 Å². The molecular formula is C20H24FN5O. The molecule has 2 atom stereocenters. The van der Waals surface area contributed by atoms with Crippen molar-refractivity contribution in [1.82, 2.24) is 4.98 Å². The van der Waals surface area contributed by atoms with Crippen molar-refractivity contribution in [3.8, 4) is 0 Å². The second-order valence-electron chi connectivity index (χ2n) is 7.46. The Bertz CT molecular complexity index is 866. The second kappa shape index (κ2) is 6.81. The molecule has 0 bridgehead atoms. The maximum atomic E-state index is 14.6. The van der Waals surface area contributed by atoms with Gasteiger partial charge in [-0.25, -0.2) is 14.2 Å². The molecule has 142 valence electrons. The first-order valence-corrected chi connectivity index (χ1v) is 9.31. The van der Waals surface area contributed by atoms with Gasteiger partial charge in [-0.1, -0.05) is 12.1 Å². The molecule has 1 fully saturated rings. The Balaban J connectivity index is 1.81. The van der Waals surface area contributed by atoms with Gasteiger partial charge in [0.2, 0.25) is 0 Å². The SMILES string of the molecule is Cc1cccc(F)c1N1Cc2cnc(N)cc2N([C@H]2CCC[C@H](N)C2)C1=O. The third-order valence-electron chi connectivity index (χ3n) is 5.52. The highest BCUT2D eigenvalue weighted by molar-refractivity contribution is 6.07. The summed E-state index contributed by atoms with van der Waals surface area (Å²) in [5.74, 6) is -0.0438. The van der Waals surface area contributed by atoms with E-state index in [2.05, 4.69) is 4.98 Å². The summed E-state index contributed by atoms with van der Waals surface area (Å²) in [6.45, 7) is 2.07. The van der Waals surface area contributed by atoms with Gasteiger partial charge in [0.05, 0.1) is 17.9 Å². The van der Waals surface area contributed by atoms with Crippen molar-refractivity contribution in [2.45, 2.75) is 51.2 Å². The summed E-state index contributed by atoms with van der Waals surface area (Å²) in [6.07, 6.45) is 5.18. The van der Waals surface area contributed by atoms with E-state index in [-0.39, 0.29) is 24.7 Å². The Hall–Kier alpha value is -2.67. The normalized spacial score (nSPS) is 22.7. The number of nitrogens with zero attached hydrogens (tertiary/aromatic N) is 3. The van der Waals surface area contributed by atoms with Crippen molar-refractivity contribution < 1.29 is 9.18 Å². The lowest BCUT2D eigenvalue weighted by molar-refractivity contribution is 0.243. The van der Waals surface area contributed by atoms with Gasteiger partial charge in [0.25, 0.3) is 0 Å². The van der Waals surface area contributed by atoms with Crippen LogP contribution in [0.5, 0.6) is 0 Å². The molecule has 0 saturated heterocycles. The molecule has 0 radical (unpaired) electrons. The Morgan fingerprint density at radius 2 is 2.11 bits per heavy atom. The number of fused-ring (bicyclic) bond motifs is 1. The van der Waals surface area contributed by atoms with Gasteiger partial charge in [0.1, 0.15) is 11.6 Å². The number of nitrogens with two attached hydrogens (primary N) is 2. The highest BCUT2D eigenvalue weighted by Crippen LogP contribution is 2.38. The summed E-state index contributed by atoms with van der Waals surface area (Å²) in [4.78, 5) is 20.9. The van der Waals surface area contributed by atoms with E-state index in [9.17, 15) is 9.18 Å². The summed E-state index contributed by atoms with van der Waals surface area (Å²) in [7, 11) is 0. The molecule has 0 spiro atoms. The Morgan fingerprint density at radius 3 is 2.85 bits per heavy atom. The summed E-state index contributed by atoms with van der Waals surface area (Å²) < 4.78 is 14.6. The molecule has 1 saturated carbocycles. The van der Waals surface area contributed by atoms with Crippen molar-refractivity contribution in [2.24, 2.45) is 5.73 Å². The van der Waals surface area contributed by atoms with E-state index in [1.165, 1.54) is 11.0 Å². The van der Waals surface area contributed by atoms with E-state index in [1.807, 2.05) is 13.0 Å². The lowest BCUT2D eigenvalue weighted by atomic mass is 9.89. The number of benzene rings is 1. The maximum Gasteiger partial charge on any atom is 0.329 e. The molecule has 1 aromatic carbocycles. The fourth-order valence-corrected chi connectivity index (χ4v) is 4.23. The molecule has 2 heterocycles. The molecular weight excluding hydrogens is 345 g/mol. The van der Waals surface area contributed by atoms with Gasteiger partial charge in [0.15, 0.2) is 0 Å². The number of anilines is 3. The molecule has 2 aromatic rings. The molecule has 1 aromatic heterocycles. The topological polar surface area (TPSA) is 88.5 Å². The molecule has 27 heavy (non-hydrogen) atoms. The summed E-state index contributed by atoms with van der Waals surface area (Å²) in [5, 5.41) is 0. The summed E-state index contributed by atoms with van der Waals surface area (Å²) >= 11 is 0. The quantitative estimate of drug-likeness (QED) is 0.850. The number of para-hydroxylation sites is 1. The van der Waals surface area contributed by atoms with Crippen LogP contribution in [-0.4, -0.2) is 23.1 Å². The molecule has 2 amide bonds. The predicted octanol–water partition coefficient (Wildman–Crippen LogP) is 3.33. The number of nitrogen functional groups attached to an aromatic ring is 1. The Kier molecular flexibility index (Phi) is 4.47.